The van der Waals surface area contributed by atoms with Gasteiger partial charge in [0.1, 0.15) is 11.2 Å². The topological polar surface area (TPSA) is 100 Å². The van der Waals surface area contributed by atoms with E-state index in [-0.39, 0.29) is 0 Å². The van der Waals surface area contributed by atoms with Crippen molar-refractivity contribution in [1.29, 1.82) is 0 Å². The molecule has 0 radical (unpaired) electrons. The lowest BCUT2D eigenvalue weighted by atomic mass is 10.1. The van der Waals surface area contributed by atoms with Crippen LogP contribution in [0.4, 0.5) is 0 Å². The highest BCUT2D eigenvalue weighted by Crippen LogP contribution is 2.41. The number of hydrogen-bond donors (Lipinski definition) is 0. The molecule has 0 aliphatic rings. The maximum atomic E-state index is 6.42. The number of hydrogen-bond acceptors (Lipinski definition) is 7. The van der Waals surface area contributed by atoms with Crippen molar-refractivity contribution < 1.29 is 4.42 Å². The van der Waals surface area contributed by atoms with Gasteiger partial charge in [-0.1, -0.05) is 146 Å². The Balaban J connectivity index is 1.06. The average Bonchev–Trinajstić information content (AvgIpc) is 4.02. The summed E-state index contributed by atoms with van der Waals surface area (Å²) in [5, 5.41) is 6.30. The highest BCUT2D eigenvalue weighted by molar-refractivity contribution is 6.24. The molecule has 0 spiro atoms. The zero-order chi connectivity index (χ0) is 41.4. The van der Waals surface area contributed by atoms with Gasteiger partial charge in [-0.15, -0.1) is 0 Å². The number of rotatable bonds is 6. The Bertz CT molecular complexity index is 3850. The molecule has 0 aliphatic heterocycles. The molecule has 294 valence electrons. The number of nitrogens with zero attached hydrogens (tertiary/aromatic N) is 8. The third-order valence-corrected chi connectivity index (χ3v) is 11.8. The predicted octanol–water partition coefficient (Wildman–Crippen LogP) is 12.8. The van der Waals surface area contributed by atoms with Gasteiger partial charge in [-0.2, -0.15) is 19.9 Å². The second-order valence-corrected chi connectivity index (χ2v) is 15.5. The molecule has 9 nitrogen and oxygen atoms in total. The number of benzene rings is 8. The second-order valence-electron chi connectivity index (χ2n) is 15.5. The van der Waals surface area contributed by atoms with Crippen LogP contribution in [-0.2, 0) is 0 Å². The minimum Gasteiger partial charge on any atom is -0.456 e. The molecule has 0 N–H and O–H groups in total. The first-order valence-corrected chi connectivity index (χ1v) is 20.8. The summed E-state index contributed by atoms with van der Waals surface area (Å²) in [6.07, 6.45) is 0. The molecule has 0 bridgehead atoms. The van der Waals surface area contributed by atoms with Gasteiger partial charge in [0.25, 0.3) is 0 Å². The zero-order valence-corrected chi connectivity index (χ0v) is 33.5. The summed E-state index contributed by atoms with van der Waals surface area (Å²) >= 11 is 0. The summed E-state index contributed by atoms with van der Waals surface area (Å²) < 4.78 is 10.7. The summed E-state index contributed by atoms with van der Waals surface area (Å²) in [4.78, 5) is 31.0. The molecule has 8 aromatic carbocycles. The van der Waals surface area contributed by atoms with Crippen LogP contribution in [0.2, 0.25) is 0 Å². The van der Waals surface area contributed by atoms with E-state index in [1.165, 1.54) is 0 Å². The minimum absolute atomic E-state index is 0.512. The van der Waals surface area contributed by atoms with Gasteiger partial charge in [0, 0.05) is 49.2 Å². The highest BCUT2D eigenvalue weighted by atomic mass is 16.3. The Morgan fingerprint density at radius 1 is 0.302 bits per heavy atom. The van der Waals surface area contributed by atoms with Crippen molar-refractivity contribution in [3.63, 3.8) is 0 Å². The number of fused-ring (bicyclic) bond motifs is 10. The van der Waals surface area contributed by atoms with Crippen LogP contribution in [0.15, 0.2) is 199 Å². The van der Waals surface area contributed by atoms with Crippen LogP contribution in [0, 0.1) is 0 Å². The predicted molar refractivity (Wildman–Crippen MR) is 251 cm³/mol. The summed E-state index contributed by atoms with van der Waals surface area (Å²) in [6, 6.07) is 65.7. The van der Waals surface area contributed by atoms with Gasteiger partial charge in [0.15, 0.2) is 23.3 Å². The van der Waals surface area contributed by atoms with Crippen LogP contribution in [0.3, 0.4) is 0 Å². The molecule has 0 saturated heterocycles. The fourth-order valence-electron chi connectivity index (χ4n) is 9.01. The fraction of sp³-hybridized carbons (Fsp3) is 0. The largest absolute Gasteiger partial charge is 0.456 e. The van der Waals surface area contributed by atoms with E-state index in [1.807, 2.05) is 109 Å². The number of furan rings is 1. The molecule has 0 atom stereocenters. The van der Waals surface area contributed by atoms with Crippen LogP contribution < -0.4 is 0 Å². The SMILES string of the molecule is c1ccc(-c2nc(-c3ccccc3)nc(-n3c4ccccc4c4cc(-c5nc(-c6ccccc6)nc(-n6c7ccccc7c7ccc8oc9ccccc9c8c76)n5)ccc43)n2)cc1. The summed E-state index contributed by atoms with van der Waals surface area (Å²) in [7, 11) is 0. The van der Waals surface area contributed by atoms with Gasteiger partial charge < -0.3 is 4.42 Å². The van der Waals surface area contributed by atoms with Crippen molar-refractivity contribution in [3.8, 4) is 57.4 Å². The first-order valence-electron chi connectivity index (χ1n) is 20.8. The van der Waals surface area contributed by atoms with E-state index < -0.39 is 0 Å². The van der Waals surface area contributed by atoms with E-state index in [9.17, 15) is 0 Å². The Morgan fingerprint density at radius 3 is 1.37 bits per heavy atom. The van der Waals surface area contributed by atoms with Gasteiger partial charge in [-0.05, 0) is 48.5 Å². The Morgan fingerprint density at radius 2 is 0.762 bits per heavy atom. The van der Waals surface area contributed by atoms with Crippen LogP contribution >= 0.6 is 0 Å². The molecule has 5 aromatic heterocycles. The maximum absolute atomic E-state index is 6.42. The van der Waals surface area contributed by atoms with Gasteiger partial charge in [0.2, 0.25) is 11.9 Å². The lowest BCUT2D eigenvalue weighted by molar-refractivity contribution is 0.669. The number of para-hydroxylation sites is 3. The molecular formula is C54H32N8O. The molecule has 0 unspecified atom stereocenters. The lowest BCUT2D eigenvalue weighted by Gasteiger charge is -2.12. The molecule has 5 heterocycles. The van der Waals surface area contributed by atoms with Crippen LogP contribution in [0.25, 0.3) is 123 Å². The van der Waals surface area contributed by atoms with Crippen molar-refractivity contribution in [2.24, 2.45) is 0 Å². The van der Waals surface area contributed by atoms with E-state index in [1.54, 1.807) is 0 Å². The molecule has 0 amide bonds. The quantitative estimate of drug-likeness (QED) is 0.165. The third-order valence-electron chi connectivity index (χ3n) is 11.8. The molecule has 0 saturated carbocycles. The molecule has 0 aliphatic carbocycles. The second kappa shape index (κ2) is 13.9. The summed E-state index contributed by atoms with van der Waals surface area (Å²) in [5.41, 5.74) is 9.06. The molecule has 0 fully saturated rings. The van der Waals surface area contributed by atoms with Gasteiger partial charge in [-0.25, -0.2) is 9.97 Å². The minimum atomic E-state index is 0.512. The molecule has 13 rings (SSSR count). The summed E-state index contributed by atoms with van der Waals surface area (Å²) in [5.74, 6) is 3.35. The standard InChI is InChI=1S/C54H32N8O/c1-4-16-33(17-5-1)49-55-50(34-18-6-2-7-19-34)58-53(57-49)61-42-25-13-11-23-38(42)41-32-36(28-30-44(41)61)52-56-51(35-20-8-3-9-21-35)59-54(60-52)62-43-26-14-10-22-37(43)39-29-31-46-47(48(39)62)40-24-12-15-27-45(40)63-46/h1-32H. The Hall–Kier alpha value is -8.82. The van der Waals surface area contributed by atoms with Gasteiger partial charge in [0.05, 0.1) is 27.5 Å². The first kappa shape index (κ1) is 35.0. The number of aromatic nitrogens is 8. The molecule has 9 heteroatoms. The van der Waals surface area contributed by atoms with E-state index >= 15 is 0 Å². The lowest BCUT2D eigenvalue weighted by Crippen LogP contribution is -2.07. The monoisotopic (exact) mass is 808 g/mol. The maximum Gasteiger partial charge on any atom is 0.238 e. The van der Waals surface area contributed by atoms with Crippen LogP contribution in [0.5, 0.6) is 0 Å². The zero-order valence-electron chi connectivity index (χ0n) is 33.5. The molecule has 13 aromatic rings. The molecule has 63 heavy (non-hydrogen) atoms. The highest BCUT2D eigenvalue weighted by Gasteiger charge is 2.23. The normalized spacial score (nSPS) is 11.8. The Labute approximate surface area is 359 Å². The van der Waals surface area contributed by atoms with Crippen molar-refractivity contribution in [2.45, 2.75) is 0 Å². The van der Waals surface area contributed by atoms with E-state index in [0.29, 0.717) is 35.2 Å². The average molecular weight is 809 g/mol. The van der Waals surface area contributed by atoms with Gasteiger partial charge in [-0.3, -0.25) is 9.13 Å². The molecular weight excluding hydrogens is 777 g/mol. The third kappa shape index (κ3) is 5.57. The summed E-state index contributed by atoms with van der Waals surface area (Å²) in [6.45, 7) is 0. The van der Waals surface area contributed by atoms with Crippen molar-refractivity contribution in [2.75, 3.05) is 0 Å². The Kier molecular flexibility index (Phi) is 7.70. The smallest absolute Gasteiger partial charge is 0.238 e. The van der Waals surface area contributed by atoms with E-state index in [2.05, 4.69) is 94.1 Å². The first-order chi connectivity index (χ1) is 31.2. The van der Waals surface area contributed by atoms with Crippen LogP contribution in [-0.4, -0.2) is 39.0 Å². The van der Waals surface area contributed by atoms with Crippen LogP contribution in [0.1, 0.15) is 0 Å². The van der Waals surface area contributed by atoms with Crippen molar-refractivity contribution in [3.05, 3.63) is 194 Å². The van der Waals surface area contributed by atoms with Crippen molar-refractivity contribution >= 4 is 65.6 Å². The van der Waals surface area contributed by atoms with Gasteiger partial charge >= 0.3 is 0 Å². The van der Waals surface area contributed by atoms with Crippen molar-refractivity contribution in [1.82, 2.24) is 39.0 Å². The fourth-order valence-corrected chi connectivity index (χ4v) is 9.01. The van der Waals surface area contributed by atoms with E-state index in [0.717, 1.165) is 87.8 Å². The van der Waals surface area contributed by atoms with E-state index in [4.69, 9.17) is 34.3 Å².